The first-order chi connectivity index (χ1) is 14.8. The molecule has 5 rings (SSSR count). The van der Waals surface area contributed by atoms with Crippen LogP contribution in [0.5, 0.6) is 11.5 Å². The van der Waals surface area contributed by atoms with E-state index in [2.05, 4.69) is 46.6 Å². The number of ether oxygens (including phenoxy) is 2. The van der Waals surface area contributed by atoms with E-state index in [9.17, 15) is 4.79 Å². The van der Waals surface area contributed by atoms with Crippen molar-refractivity contribution in [2.75, 3.05) is 26.3 Å². The molecule has 2 aliphatic heterocycles. The van der Waals surface area contributed by atoms with E-state index in [4.69, 9.17) is 9.47 Å². The number of fused-ring (bicyclic) bond motifs is 2. The maximum atomic E-state index is 12.9. The fourth-order valence-electron chi connectivity index (χ4n) is 5.11. The van der Waals surface area contributed by atoms with E-state index in [1.807, 2.05) is 6.07 Å². The Morgan fingerprint density at radius 2 is 1.87 bits per heavy atom. The molecule has 2 heterocycles. The van der Waals surface area contributed by atoms with E-state index in [0.29, 0.717) is 19.8 Å². The molecular formula is C25H30N2O3. The van der Waals surface area contributed by atoms with Crippen molar-refractivity contribution < 1.29 is 14.3 Å². The van der Waals surface area contributed by atoms with Gasteiger partial charge in [0.25, 0.3) is 0 Å². The van der Waals surface area contributed by atoms with Crippen LogP contribution in [0.15, 0.2) is 42.5 Å². The summed E-state index contributed by atoms with van der Waals surface area (Å²) in [6.45, 7) is 2.79. The van der Waals surface area contributed by atoms with Crippen LogP contribution in [0.3, 0.4) is 0 Å². The molecule has 0 bridgehead atoms. The Morgan fingerprint density at radius 1 is 1.00 bits per heavy atom. The fourth-order valence-corrected chi connectivity index (χ4v) is 5.11. The van der Waals surface area contributed by atoms with Crippen molar-refractivity contribution in [3.63, 3.8) is 0 Å². The maximum absolute atomic E-state index is 12.9. The van der Waals surface area contributed by atoms with Gasteiger partial charge in [-0.15, -0.1) is 0 Å². The molecule has 1 fully saturated rings. The highest BCUT2D eigenvalue weighted by atomic mass is 16.5. The average molecular weight is 407 g/mol. The molecule has 3 aliphatic rings. The molecule has 0 aromatic heterocycles. The van der Waals surface area contributed by atoms with Crippen LogP contribution < -0.4 is 14.8 Å². The lowest BCUT2D eigenvalue weighted by Crippen LogP contribution is -2.39. The lowest BCUT2D eigenvalue weighted by molar-refractivity contribution is -0.123. The first kappa shape index (κ1) is 19.4. The summed E-state index contributed by atoms with van der Waals surface area (Å²) in [5.74, 6) is 1.78. The Labute approximate surface area is 178 Å². The minimum absolute atomic E-state index is 0.123. The molecular weight excluding hydrogens is 376 g/mol. The Morgan fingerprint density at radius 3 is 2.80 bits per heavy atom. The third kappa shape index (κ3) is 4.04. The number of carbonyl (C=O) groups excluding carboxylic acids is 1. The highest BCUT2D eigenvalue weighted by Crippen LogP contribution is 2.38. The van der Waals surface area contributed by atoms with Crippen LogP contribution in [0.1, 0.15) is 60.9 Å². The summed E-state index contributed by atoms with van der Waals surface area (Å²) in [7, 11) is 0. The zero-order valence-electron chi connectivity index (χ0n) is 17.4. The molecule has 5 nitrogen and oxygen atoms in total. The zero-order chi connectivity index (χ0) is 20.3. The van der Waals surface area contributed by atoms with Crippen molar-refractivity contribution in [3.8, 4) is 11.5 Å². The molecule has 2 aromatic rings. The number of carbonyl (C=O) groups is 1. The molecule has 0 spiro atoms. The van der Waals surface area contributed by atoms with E-state index < -0.39 is 0 Å². The Bertz CT molecular complexity index is 913. The van der Waals surface area contributed by atoms with E-state index >= 15 is 0 Å². The lowest BCUT2D eigenvalue weighted by atomic mass is 9.88. The predicted octanol–water partition coefficient (Wildman–Crippen LogP) is 4.18. The quantitative estimate of drug-likeness (QED) is 0.828. The van der Waals surface area contributed by atoms with Gasteiger partial charge in [-0.1, -0.05) is 30.3 Å². The van der Waals surface area contributed by atoms with Crippen LogP contribution in [0.4, 0.5) is 0 Å². The van der Waals surface area contributed by atoms with Crippen LogP contribution in [-0.4, -0.2) is 37.1 Å². The standard InChI is InChI=1S/C25H30N2O3/c28-25(26-21-9-3-7-18-6-1-2-8-20(18)21)17-27-13-4-10-22(27)19-11-12-23-24(16-19)30-15-5-14-29-23/h1-2,6,8,11-12,16,21-22H,3-5,7,9-10,13-15,17H2,(H,26,28)/t21-,22+/m0/s1. The molecule has 158 valence electrons. The molecule has 2 aromatic carbocycles. The van der Waals surface area contributed by atoms with Gasteiger partial charge in [-0.25, -0.2) is 0 Å². The molecule has 1 aliphatic carbocycles. The van der Waals surface area contributed by atoms with Crippen LogP contribution in [0, 0.1) is 0 Å². The SMILES string of the molecule is O=C(CN1CCC[C@@H]1c1ccc2c(c1)OCCCO2)N[C@H]1CCCc2ccccc21. The zero-order valence-corrected chi connectivity index (χ0v) is 17.4. The highest BCUT2D eigenvalue weighted by molar-refractivity contribution is 5.78. The summed E-state index contributed by atoms with van der Waals surface area (Å²) in [6, 6.07) is 15.2. The maximum Gasteiger partial charge on any atom is 0.234 e. The van der Waals surface area contributed by atoms with E-state index in [1.165, 1.54) is 16.7 Å². The van der Waals surface area contributed by atoms with Gasteiger partial charge in [0, 0.05) is 12.5 Å². The monoisotopic (exact) mass is 406 g/mol. The minimum Gasteiger partial charge on any atom is -0.490 e. The number of hydrogen-bond acceptors (Lipinski definition) is 4. The van der Waals surface area contributed by atoms with Crippen molar-refractivity contribution in [3.05, 3.63) is 59.2 Å². The predicted molar refractivity (Wildman–Crippen MR) is 116 cm³/mol. The van der Waals surface area contributed by atoms with Gasteiger partial charge in [0.05, 0.1) is 25.8 Å². The largest absolute Gasteiger partial charge is 0.490 e. The number of likely N-dealkylation sites (tertiary alicyclic amines) is 1. The van der Waals surface area contributed by atoms with Crippen molar-refractivity contribution in [2.24, 2.45) is 0 Å². The van der Waals surface area contributed by atoms with Crippen LogP contribution in [-0.2, 0) is 11.2 Å². The summed E-state index contributed by atoms with van der Waals surface area (Å²) in [6.07, 6.45) is 6.35. The van der Waals surface area contributed by atoms with Crippen molar-refractivity contribution >= 4 is 5.91 Å². The molecule has 2 atom stereocenters. The van der Waals surface area contributed by atoms with Crippen molar-refractivity contribution in [1.82, 2.24) is 10.2 Å². The summed E-state index contributed by atoms with van der Waals surface area (Å²) >= 11 is 0. The van der Waals surface area contributed by atoms with Gasteiger partial charge in [-0.05, 0) is 67.5 Å². The first-order valence-electron chi connectivity index (χ1n) is 11.3. The lowest BCUT2D eigenvalue weighted by Gasteiger charge is -2.29. The van der Waals surface area contributed by atoms with Crippen LogP contribution >= 0.6 is 0 Å². The van der Waals surface area contributed by atoms with Crippen molar-refractivity contribution in [1.29, 1.82) is 0 Å². The van der Waals surface area contributed by atoms with Gasteiger partial charge in [0.1, 0.15) is 0 Å². The molecule has 30 heavy (non-hydrogen) atoms. The fraction of sp³-hybridized carbons (Fsp3) is 0.480. The van der Waals surface area contributed by atoms with Gasteiger partial charge >= 0.3 is 0 Å². The number of amides is 1. The van der Waals surface area contributed by atoms with E-state index in [1.54, 1.807) is 0 Å². The smallest absolute Gasteiger partial charge is 0.234 e. The topological polar surface area (TPSA) is 50.8 Å². The van der Waals surface area contributed by atoms with Gasteiger partial charge in [0.2, 0.25) is 5.91 Å². The number of benzene rings is 2. The molecule has 1 N–H and O–H groups in total. The molecule has 1 amide bonds. The third-order valence-electron chi connectivity index (χ3n) is 6.57. The normalized spacial score (nSPS) is 23.5. The number of nitrogens with one attached hydrogen (secondary N) is 1. The van der Waals surface area contributed by atoms with Crippen LogP contribution in [0.25, 0.3) is 0 Å². The minimum atomic E-state index is 0.123. The van der Waals surface area contributed by atoms with Gasteiger partial charge < -0.3 is 14.8 Å². The molecule has 0 saturated carbocycles. The second kappa shape index (κ2) is 8.68. The van der Waals surface area contributed by atoms with Gasteiger partial charge in [0.15, 0.2) is 11.5 Å². The van der Waals surface area contributed by atoms with E-state index in [0.717, 1.165) is 56.6 Å². The Kier molecular flexibility index (Phi) is 5.63. The summed E-state index contributed by atoms with van der Waals surface area (Å²) in [5, 5.41) is 3.31. The molecule has 5 heteroatoms. The van der Waals surface area contributed by atoms with Crippen LogP contribution in [0.2, 0.25) is 0 Å². The van der Waals surface area contributed by atoms with Gasteiger partial charge in [-0.2, -0.15) is 0 Å². The number of aryl methyl sites for hydroxylation is 1. The number of hydrogen-bond donors (Lipinski definition) is 1. The molecule has 0 unspecified atom stereocenters. The Balaban J connectivity index is 1.26. The third-order valence-corrected chi connectivity index (χ3v) is 6.57. The number of nitrogens with zero attached hydrogens (tertiary/aromatic N) is 1. The second-order valence-corrected chi connectivity index (χ2v) is 8.60. The summed E-state index contributed by atoms with van der Waals surface area (Å²) in [5.41, 5.74) is 3.88. The number of rotatable bonds is 4. The Hall–Kier alpha value is -2.53. The average Bonchev–Trinajstić information content (AvgIpc) is 3.09. The highest BCUT2D eigenvalue weighted by Gasteiger charge is 2.30. The van der Waals surface area contributed by atoms with Crippen molar-refractivity contribution in [2.45, 2.75) is 50.6 Å². The molecule has 0 radical (unpaired) electrons. The second-order valence-electron chi connectivity index (χ2n) is 8.60. The summed E-state index contributed by atoms with van der Waals surface area (Å²) in [4.78, 5) is 15.2. The van der Waals surface area contributed by atoms with Gasteiger partial charge in [-0.3, -0.25) is 9.69 Å². The summed E-state index contributed by atoms with van der Waals surface area (Å²) < 4.78 is 11.6. The first-order valence-corrected chi connectivity index (χ1v) is 11.3. The van der Waals surface area contributed by atoms with E-state index in [-0.39, 0.29) is 18.0 Å². The molecule has 1 saturated heterocycles.